The quantitative estimate of drug-likeness (QED) is 0.397. The Morgan fingerprint density at radius 1 is 1.14 bits per heavy atom. The van der Waals surface area contributed by atoms with E-state index < -0.39 is 17.7 Å². The fraction of sp³-hybridized carbons (Fsp3) is 0.238. The summed E-state index contributed by atoms with van der Waals surface area (Å²) in [6.45, 7) is 1.65. The molecule has 0 amide bonds. The minimum Gasteiger partial charge on any atom is -0.496 e. The van der Waals surface area contributed by atoms with Gasteiger partial charge in [-0.3, -0.25) is 0 Å². The molecule has 1 aromatic heterocycles. The van der Waals surface area contributed by atoms with E-state index in [1.165, 1.54) is 38.1 Å². The molecule has 2 aromatic carbocycles. The molecule has 3 rings (SSSR count). The Labute approximate surface area is 170 Å². The lowest BCUT2D eigenvalue weighted by molar-refractivity contribution is -0.137. The molecule has 0 unspecified atom stereocenters. The van der Waals surface area contributed by atoms with Crippen LogP contribution in [0, 0.1) is 6.92 Å². The number of pyridine rings is 1. The summed E-state index contributed by atoms with van der Waals surface area (Å²) >= 11 is 1.44. The van der Waals surface area contributed by atoms with E-state index in [4.69, 9.17) is 9.47 Å². The van der Waals surface area contributed by atoms with Gasteiger partial charge in [0.1, 0.15) is 5.75 Å². The molecule has 0 aliphatic heterocycles. The number of aromatic nitrogens is 1. The molecular formula is C21H18F3NO3S. The van der Waals surface area contributed by atoms with Gasteiger partial charge < -0.3 is 9.47 Å². The van der Waals surface area contributed by atoms with Crippen LogP contribution in [-0.4, -0.2) is 31.4 Å². The zero-order chi connectivity index (χ0) is 21.3. The molecule has 0 saturated heterocycles. The standard InChI is InChI=1S/C21H18F3NO3S/c1-11-18(20(26)28-3)14-9-17(29-4)16(27-2)10-15(14)25-19(11)12-6-5-7-13(8-12)21(22,23)24/h5-10H,1-4H3. The molecule has 0 spiro atoms. The fourth-order valence-corrected chi connectivity index (χ4v) is 3.75. The molecule has 0 bridgehead atoms. The number of fused-ring (bicyclic) bond motifs is 1. The number of nitrogens with zero attached hydrogens (tertiary/aromatic N) is 1. The van der Waals surface area contributed by atoms with Crippen LogP contribution in [0.2, 0.25) is 0 Å². The maximum atomic E-state index is 13.2. The number of halogens is 3. The fourth-order valence-electron chi connectivity index (χ4n) is 3.17. The number of hydrogen-bond donors (Lipinski definition) is 0. The van der Waals surface area contributed by atoms with E-state index in [0.29, 0.717) is 22.2 Å². The Hall–Kier alpha value is -2.74. The van der Waals surface area contributed by atoms with Crippen LogP contribution in [0.3, 0.4) is 0 Å². The molecule has 1 heterocycles. The molecule has 8 heteroatoms. The van der Waals surface area contributed by atoms with Gasteiger partial charge in [-0.2, -0.15) is 13.2 Å². The first-order valence-corrected chi connectivity index (χ1v) is 9.76. The first-order valence-electron chi connectivity index (χ1n) is 8.53. The lowest BCUT2D eigenvalue weighted by Crippen LogP contribution is -2.09. The van der Waals surface area contributed by atoms with E-state index in [1.54, 1.807) is 19.1 Å². The third-order valence-electron chi connectivity index (χ3n) is 4.59. The van der Waals surface area contributed by atoms with E-state index in [-0.39, 0.29) is 16.8 Å². The van der Waals surface area contributed by atoms with Crippen molar-refractivity contribution in [3.63, 3.8) is 0 Å². The second kappa shape index (κ2) is 7.94. The van der Waals surface area contributed by atoms with Crippen LogP contribution in [0.15, 0.2) is 41.3 Å². The first-order chi connectivity index (χ1) is 13.7. The smallest absolute Gasteiger partial charge is 0.416 e. The summed E-state index contributed by atoms with van der Waals surface area (Å²) in [5, 5.41) is 0.551. The average molecular weight is 421 g/mol. The molecule has 0 atom stereocenters. The van der Waals surface area contributed by atoms with E-state index in [2.05, 4.69) is 4.98 Å². The third-order valence-corrected chi connectivity index (χ3v) is 5.35. The largest absolute Gasteiger partial charge is 0.496 e. The first kappa shape index (κ1) is 21.0. The maximum absolute atomic E-state index is 13.2. The normalized spacial score (nSPS) is 11.6. The topological polar surface area (TPSA) is 48.4 Å². The van der Waals surface area contributed by atoms with Crippen LogP contribution in [0.25, 0.3) is 22.2 Å². The van der Waals surface area contributed by atoms with Crippen LogP contribution in [-0.2, 0) is 10.9 Å². The minimum atomic E-state index is -4.48. The third kappa shape index (κ3) is 3.89. The van der Waals surface area contributed by atoms with Crippen molar-refractivity contribution in [3.05, 3.63) is 53.1 Å². The molecule has 0 radical (unpaired) electrons. The highest BCUT2D eigenvalue weighted by molar-refractivity contribution is 7.98. The summed E-state index contributed by atoms with van der Waals surface area (Å²) in [6.07, 6.45) is -2.61. The Morgan fingerprint density at radius 3 is 2.45 bits per heavy atom. The lowest BCUT2D eigenvalue weighted by Gasteiger charge is -2.16. The molecule has 29 heavy (non-hydrogen) atoms. The van der Waals surface area contributed by atoms with Crippen molar-refractivity contribution in [2.45, 2.75) is 18.0 Å². The number of carbonyl (C=O) groups is 1. The number of rotatable bonds is 4. The number of methoxy groups -OCH3 is 2. The molecule has 0 aliphatic rings. The van der Waals surface area contributed by atoms with Crippen LogP contribution in [0.4, 0.5) is 13.2 Å². The summed E-state index contributed by atoms with van der Waals surface area (Å²) in [6, 6.07) is 8.32. The summed E-state index contributed by atoms with van der Waals surface area (Å²) in [7, 11) is 2.78. The van der Waals surface area contributed by atoms with E-state index in [0.717, 1.165) is 17.0 Å². The number of esters is 1. The van der Waals surface area contributed by atoms with Gasteiger partial charge in [0.15, 0.2) is 0 Å². The highest BCUT2D eigenvalue weighted by Crippen LogP contribution is 2.38. The summed E-state index contributed by atoms with van der Waals surface area (Å²) in [5.74, 6) is -0.0208. The van der Waals surface area contributed by atoms with Crippen LogP contribution < -0.4 is 4.74 Å². The van der Waals surface area contributed by atoms with Crippen molar-refractivity contribution in [1.82, 2.24) is 4.98 Å². The van der Waals surface area contributed by atoms with Gasteiger partial charge in [-0.1, -0.05) is 12.1 Å². The Bertz CT molecular complexity index is 1100. The predicted molar refractivity (Wildman–Crippen MR) is 107 cm³/mol. The Kier molecular flexibility index (Phi) is 5.75. The van der Waals surface area contributed by atoms with Gasteiger partial charge in [-0.15, -0.1) is 11.8 Å². The van der Waals surface area contributed by atoms with Gasteiger partial charge in [0.2, 0.25) is 0 Å². The van der Waals surface area contributed by atoms with Gasteiger partial charge in [-0.25, -0.2) is 9.78 Å². The molecule has 152 valence electrons. The molecule has 4 nitrogen and oxygen atoms in total. The van der Waals surface area contributed by atoms with Gasteiger partial charge in [0, 0.05) is 21.9 Å². The van der Waals surface area contributed by atoms with E-state index in [1.807, 2.05) is 6.26 Å². The van der Waals surface area contributed by atoms with Crippen molar-refractivity contribution in [1.29, 1.82) is 0 Å². The highest BCUT2D eigenvalue weighted by atomic mass is 32.2. The van der Waals surface area contributed by atoms with Crippen LogP contribution >= 0.6 is 11.8 Å². The Morgan fingerprint density at radius 2 is 1.86 bits per heavy atom. The summed E-state index contributed by atoms with van der Waals surface area (Å²) in [5.41, 5.74) is 0.897. The Balaban J connectivity index is 2.37. The number of carbonyl (C=O) groups excluding carboxylic acids is 1. The van der Waals surface area contributed by atoms with Crippen molar-refractivity contribution in [2.75, 3.05) is 20.5 Å². The summed E-state index contributed by atoms with van der Waals surface area (Å²) < 4.78 is 49.8. The highest BCUT2D eigenvalue weighted by Gasteiger charge is 2.31. The van der Waals surface area contributed by atoms with Gasteiger partial charge in [0.05, 0.1) is 36.6 Å². The number of ether oxygens (including phenoxy) is 2. The van der Waals surface area contributed by atoms with E-state index in [9.17, 15) is 18.0 Å². The monoisotopic (exact) mass is 421 g/mol. The van der Waals surface area contributed by atoms with Crippen molar-refractivity contribution < 1.29 is 27.4 Å². The summed E-state index contributed by atoms with van der Waals surface area (Å²) in [4.78, 5) is 17.9. The minimum absolute atomic E-state index is 0.261. The molecule has 0 N–H and O–H groups in total. The predicted octanol–water partition coefficient (Wildman–Crippen LogP) is 5.75. The second-order valence-electron chi connectivity index (χ2n) is 6.25. The maximum Gasteiger partial charge on any atom is 0.416 e. The molecule has 0 aliphatic carbocycles. The number of thioether (sulfide) groups is 1. The zero-order valence-corrected chi connectivity index (χ0v) is 17.0. The number of benzene rings is 2. The lowest BCUT2D eigenvalue weighted by atomic mass is 9.96. The average Bonchev–Trinajstić information content (AvgIpc) is 2.71. The van der Waals surface area contributed by atoms with Gasteiger partial charge >= 0.3 is 12.1 Å². The van der Waals surface area contributed by atoms with E-state index >= 15 is 0 Å². The molecule has 0 fully saturated rings. The number of alkyl halides is 3. The SMILES string of the molecule is COC(=O)c1c(C)c(-c2cccc(C(F)(F)F)c2)nc2cc(OC)c(SC)cc12. The van der Waals surface area contributed by atoms with Crippen LogP contribution in [0.1, 0.15) is 21.5 Å². The van der Waals surface area contributed by atoms with Crippen molar-refractivity contribution in [2.24, 2.45) is 0 Å². The van der Waals surface area contributed by atoms with Crippen molar-refractivity contribution in [3.8, 4) is 17.0 Å². The molecule has 0 saturated carbocycles. The van der Waals surface area contributed by atoms with Crippen molar-refractivity contribution >= 4 is 28.6 Å². The van der Waals surface area contributed by atoms with Gasteiger partial charge in [0.25, 0.3) is 0 Å². The zero-order valence-electron chi connectivity index (χ0n) is 16.2. The number of hydrogen-bond acceptors (Lipinski definition) is 5. The molecular weight excluding hydrogens is 403 g/mol. The van der Waals surface area contributed by atoms with Crippen LogP contribution in [0.5, 0.6) is 5.75 Å². The second-order valence-corrected chi connectivity index (χ2v) is 7.10. The van der Waals surface area contributed by atoms with Gasteiger partial charge in [-0.05, 0) is 36.9 Å². The molecule has 3 aromatic rings.